The second kappa shape index (κ2) is 11.5. The Hall–Kier alpha value is 0.745. The molecule has 0 fully saturated rings. The SMILES string of the molecule is O=C(O)C(=O)O.[Fe].[MgH2].[Mn]. The number of carboxylic acids is 2. The van der Waals surface area contributed by atoms with Crippen LogP contribution in [0.15, 0.2) is 0 Å². The predicted octanol–water partition coefficient (Wildman–Crippen LogP) is -1.77. The van der Waals surface area contributed by atoms with Crippen molar-refractivity contribution in [2.45, 2.75) is 0 Å². The Labute approximate surface area is 88.5 Å². The smallest absolute Gasteiger partial charge is 0.414 e. The molecule has 1 radical (unpaired) electrons. The number of rotatable bonds is 0. The third-order valence-electron chi connectivity index (χ3n) is 0.183. The third-order valence-corrected chi connectivity index (χ3v) is 0.183. The molecule has 53 valence electrons. The summed E-state index contributed by atoms with van der Waals surface area (Å²) in [6.45, 7) is 0. The summed E-state index contributed by atoms with van der Waals surface area (Å²) >= 11 is 0. The standard InChI is InChI=1S/C2H2O4.Fe.Mg.Mn.2H/c3-1(4)2(5)6;;;;;/h(H,3,4)(H,5,6);;;;;. The number of hydrogen-bond acceptors (Lipinski definition) is 2. The second-order valence-corrected chi connectivity index (χ2v) is 0.610. The first-order chi connectivity index (χ1) is 2.64. The Morgan fingerprint density at radius 1 is 1.00 bits per heavy atom. The second-order valence-electron chi connectivity index (χ2n) is 0.610. The average molecular weight is 227 g/mol. The molecule has 0 heterocycles. The van der Waals surface area contributed by atoms with Crippen LogP contribution in [0.1, 0.15) is 0 Å². The zero-order valence-corrected chi connectivity index (χ0v) is 5.73. The topological polar surface area (TPSA) is 74.6 Å². The van der Waals surface area contributed by atoms with Crippen molar-refractivity contribution in [3.63, 3.8) is 0 Å². The Bertz CT molecular complexity index is 84.6. The first-order valence-electron chi connectivity index (χ1n) is 1.11. The van der Waals surface area contributed by atoms with Gasteiger partial charge in [-0.25, -0.2) is 9.59 Å². The normalized spacial score (nSPS) is 4.89. The molecule has 0 aromatic rings. The van der Waals surface area contributed by atoms with Crippen molar-refractivity contribution >= 4 is 35.0 Å². The van der Waals surface area contributed by atoms with E-state index in [9.17, 15) is 0 Å². The maximum Gasteiger partial charge on any atom is 0.414 e. The van der Waals surface area contributed by atoms with Gasteiger partial charge < -0.3 is 10.2 Å². The Balaban J connectivity index is -0.0000000417. The summed E-state index contributed by atoms with van der Waals surface area (Å²) in [7, 11) is 0. The molecule has 0 aromatic heterocycles. The molecule has 0 saturated carbocycles. The molecule has 0 saturated heterocycles. The molecule has 0 atom stereocenters. The van der Waals surface area contributed by atoms with E-state index in [4.69, 9.17) is 19.8 Å². The van der Waals surface area contributed by atoms with Gasteiger partial charge in [-0.15, -0.1) is 0 Å². The predicted molar refractivity (Wildman–Crippen MR) is 23.8 cm³/mol. The molecule has 0 aromatic carbocycles. The summed E-state index contributed by atoms with van der Waals surface area (Å²) in [5.74, 6) is -3.65. The van der Waals surface area contributed by atoms with Gasteiger partial charge in [0.15, 0.2) is 0 Å². The van der Waals surface area contributed by atoms with Crippen LogP contribution in [-0.4, -0.2) is 45.2 Å². The fraction of sp³-hybridized carbons (Fsp3) is 0. The van der Waals surface area contributed by atoms with E-state index in [0.717, 1.165) is 0 Å². The van der Waals surface area contributed by atoms with Crippen LogP contribution < -0.4 is 0 Å². The van der Waals surface area contributed by atoms with E-state index < -0.39 is 11.9 Å². The fourth-order valence-electron chi connectivity index (χ4n) is 0. The number of carbonyl (C=O) groups is 2. The van der Waals surface area contributed by atoms with Gasteiger partial charge in [0.05, 0.1) is 0 Å². The van der Waals surface area contributed by atoms with Gasteiger partial charge >= 0.3 is 35.0 Å². The van der Waals surface area contributed by atoms with Gasteiger partial charge in [0, 0.05) is 34.1 Å². The van der Waals surface area contributed by atoms with Crippen LogP contribution >= 0.6 is 0 Å². The van der Waals surface area contributed by atoms with Gasteiger partial charge in [-0.2, -0.15) is 0 Å². The van der Waals surface area contributed by atoms with Crippen molar-refractivity contribution in [3.8, 4) is 0 Å². The minimum Gasteiger partial charge on any atom is -0.473 e. The van der Waals surface area contributed by atoms with Crippen LogP contribution in [0.5, 0.6) is 0 Å². The number of hydrogen-bond donors (Lipinski definition) is 2. The molecule has 0 amide bonds. The molecule has 4 nitrogen and oxygen atoms in total. The zero-order valence-electron chi connectivity index (χ0n) is 3.44. The minimum absolute atomic E-state index is 0. The number of aliphatic carboxylic acids is 2. The quantitative estimate of drug-likeness (QED) is 0.379. The minimum atomic E-state index is -1.82. The summed E-state index contributed by atoms with van der Waals surface area (Å²) in [6.07, 6.45) is 0. The molecule has 0 aliphatic carbocycles. The van der Waals surface area contributed by atoms with Crippen molar-refractivity contribution in [2.24, 2.45) is 0 Å². The molecule has 9 heavy (non-hydrogen) atoms. The molecule has 0 rings (SSSR count). The first-order valence-corrected chi connectivity index (χ1v) is 1.11. The summed E-state index contributed by atoms with van der Waals surface area (Å²) < 4.78 is 0. The van der Waals surface area contributed by atoms with E-state index in [0.29, 0.717) is 0 Å². The maximum absolute atomic E-state index is 9.10. The van der Waals surface area contributed by atoms with Crippen molar-refractivity contribution in [1.82, 2.24) is 0 Å². The van der Waals surface area contributed by atoms with E-state index in [1.807, 2.05) is 0 Å². The molecule has 2 N–H and O–H groups in total. The van der Waals surface area contributed by atoms with Gasteiger partial charge in [-0.1, -0.05) is 0 Å². The van der Waals surface area contributed by atoms with Gasteiger partial charge in [0.2, 0.25) is 0 Å². The molecule has 7 heteroatoms. The van der Waals surface area contributed by atoms with Crippen LogP contribution in [0.2, 0.25) is 0 Å². The van der Waals surface area contributed by atoms with Crippen molar-refractivity contribution in [3.05, 3.63) is 0 Å². The molecule has 0 unspecified atom stereocenters. The van der Waals surface area contributed by atoms with Crippen molar-refractivity contribution in [2.75, 3.05) is 0 Å². The first kappa shape index (κ1) is 22.6. The van der Waals surface area contributed by atoms with Crippen LogP contribution in [-0.2, 0) is 43.7 Å². The summed E-state index contributed by atoms with van der Waals surface area (Å²) in [6, 6.07) is 0. The van der Waals surface area contributed by atoms with E-state index in [1.54, 1.807) is 0 Å². The fourth-order valence-corrected chi connectivity index (χ4v) is 0. The zero-order chi connectivity index (χ0) is 5.15. The van der Waals surface area contributed by atoms with Gasteiger partial charge in [-0.3, -0.25) is 0 Å². The van der Waals surface area contributed by atoms with E-state index in [-0.39, 0.29) is 57.2 Å². The van der Waals surface area contributed by atoms with Crippen molar-refractivity contribution in [1.29, 1.82) is 0 Å². The monoisotopic (exact) mass is 227 g/mol. The van der Waals surface area contributed by atoms with Crippen LogP contribution in [0, 0.1) is 0 Å². The maximum atomic E-state index is 9.10. The molecule has 0 spiro atoms. The Morgan fingerprint density at radius 3 is 1.11 bits per heavy atom. The van der Waals surface area contributed by atoms with E-state index in [2.05, 4.69) is 0 Å². The van der Waals surface area contributed by atoms with Crippen LogP contribution in [0.4, 0.5) is 0 Å². The van der Waals surface area contributed by atoms with Crippen molar-refractivity contribution < 1.29 is 53.9 Å². The van der Waals surface area contributed by atoms with E-state index >= 15 is 0 Å². The molecule has 0 bridgehead atoms. The van der Waals surface area contributed by atoms with Gasteiger partial charge in [0.25, 0.3) is 0 Å². The average Bonchev–Trinajstić information content (AvgIpc) is 1.36. The Morgan fingerprint density at radius 2 is 1.11 bits per heavy atom. The summed E-state index contributed by atoms with van der Waals surface area (Å²) in [4.78, 5) is 18.2. The van der Waals surface area contributed by atoms with Crippen LogP contribution in [0.25, 0.3) is 0 Å². The number of carboxylic acid groups (broad SMARTS) is 2. The van der Waals surface area contributed by atoms with Gasteiger partial charge in [-0.05, 0) is 0 Å². The third kappa shape index (κ3) is 17.7. The molecule has 0 aliphatic heterocycles. The summed E-state index contributed by atoms with van der Waals surface area (Å²) in [5, 5.41) is 14.8. The Kier molecular flexibility index (Phi) is 28.9. The molecular weight excluding hydrogens is 223 g/mol. The van der Waals surface area contributed by atoms with Crippen LogP contribution in [0.3, 0.4) is 0 Å². The summed E-state index contributed by atoms with van der Waals surface area (Å²) in [5.41, 5.74) is 0. The molecule has 0 aliphatic rings. The molecular formula is C2H4FeMgMnO4. The largest absolute Gasteiger partial charge is 0.473 e. The van der Waals surface area contributed by atoms with E-state index in [1.165, 1.54) is 0 Å². The van der Waals surface area contributed by atoms with Gasteiger partial charge in [0.1, 0.15) is 0 Å².